The van der Waals surface area contributed by atoms with Crippen LogP contribution in [0.25, 0.3) is 0 Å². The Morgan fingerprint density at radius 3 is 2.40 bits per heavy atom. The number of nitrogens with two attached hydrogens (primary N) is 1. The minimum absolute atomic E-state index is 0.0561. The van der Waals surface area contributed by atoms with Crippen molar-refractivity contribution in [3.63, 3.8) is 0 Å². The van der Waals surface area contributed by atoms with Crippen molar-refractivity contribution in [1.82, 2.24) is 0 Å². The molecule has 0 fully saturated rings. The van der Waals surface area contributed by atoms with E-state index in [1.807, 2.05) is 13.8 Å². The molecule has 0 heterocycles. The standard InChI is InChI=1S/C13H20NO4PS/c1-9(2)17-13(15)11-7-5-6-8-12(11)18-19(14,16)20-10(3)4/h5-10H,1-4H3,(H2,14,16). The summed E-state index contributed by atoms with van der Waals surface area (Å²) in [5, 5.41) is 0.0561. The molecule has 1 unspecified atom stereocenters. The van der Waals surface area contributed by atoms with E-state index in [4.69, 9.17) is 14.8 Å². The van der Waals surface area contributed by atoms with Crippen LogP contribution in [0, 0.1) is 0 Å². The Labute approximate surface area is 123 Å². The Kier molecular flexibility index (Phi) is 6.11. The van der Waals surface area contributed by atoms with Crippen LogP contribution in [0.2, 0.25) is 0 Å². The number of carbonyl (C=O) groups excluding carboxylic acids is 1. The molecule has 0 aliphatic heterocycles. The zero-order valence-corrected chi connectivity index (χ0v) is 13.7. The van der Waals surface area contributed by atoms with Crippen LogP contribution in [0.15, 0.2) is 24.3 Å². The van der Waals surface area contributed by atoms with Crippen LogP contribution in [-0.4, -0.2) is 17.3 Å². The summed E-state index contributed by atoms with van der Waals surface area (Å²) in [6.07, 6.45) is -0.245. The molecule has 0 aromatic heterocycles. The molecule has 112 valence electrons. The van der Waals surface area contributed by atoms with E-state index in [2.05, 4.69) is 0 Å². The Balaban J connectivity index is 2.96. The molecule has 0 aliphatic carbocycles. The van der Waals surface area contributed by atoms with Crippen molar-refractivity contribution in [1.29, 1.82) is 0 Å². The summed E-state index contributed by atoms with van der Waals surface area (Å²) in [7, 11) is 0. The maximum absolute atomic E-state index is 12.2. The van der Waals surface area contributed by atoms with Crippen LogP contribution < -0.4 is 10.0 Å². The summed E-state index contributed by atoms with van der Waals surface area (Å²) < 4.78 is 22.6. The lowest BCUT2D eigenvalue weighted by Gasteiger charge is -2.18. The molecule has 1 aromatic rings. The fourth-order valence-electron chi connectivity index (χ4n) is 1.44. The molecule has 1 atom stereocenters. The second-order valence-corrected chi connectivity index (χ2v) is 9.31. The molecule has 0 radical (unpaired) electrons. The highest BCUT2D eigenvalue weighted by atomic mass is 32.7. The number of carbonyl (C=O) groups is 1. The normalized spacial score (nSPS) is 14.2. The first kappa shape index (κ1) is 17.1. The third kappa shape index (κ3) is 5.57. The average Bonchev–Trinajstić information content (AvgIpc) is 2.25. The number of rotatable bonds is 6. The zero-order chi connectivity index (χ0) is 15.3. The second-order valence-electron chi connectivity index (χ2n) is 4.74. The Morgan fingerprint density at radius 2 is 1.85 bits per heavy atom. The summed E-state index contributed by atoms with van der Waals surface area (Å²) in [6, 6.07) is 6.47. The Bertz CT molecular complexity index is 519. The maximum Gasteiger partial charge on any atom is 0.371 e. The zero-order valence-electron chi connectivity index (χ0n) is 12.0. The lowest BCUT2D eigenvalue weighted by atomic mass is 10.2. The van der Waals surface area contributed by atoms with Gasteiger partial charge in [0.1, 0.15) is 11.3 Å². The minimum Gasteiger partial charge on any atom is -0.459 e. The van der Waals surface area contributed by atoms with Crippen molar-refractivity contribution in [2.45, 2.75) is 39.0 Å². The fourth-order valence-corrected chi connectivity index (χ4v) is 4.64. The monoisotopic (exact) mass is 317 g/mol. The summed E-state index contributed by atoms with van der Waals surface area (Å²) >= 11 is 1.04. The van der Waals surface area contributed by atoms with Crippen LogP contribution in [-0.2, 0) is 9.30 Å². The maximum atomic E-state index is 12.2. The van der Waals surface area contributed by atoms with E-state index >= 15 is 0 Å². The molecule has 20 heavy (non-hydrogen) atoms. The van der Waals surface area contributed by atoms with Gasteiger partial charge in [-0.2, -0.15) is 0 Å². The molecular formula is C13H20NO4PS. The molecule has 5 nitrogen and oxygen atoms in total. The van der Waals surface area contributed by atoms with Gasteiger partial charge < -0.3 is 9.26 Å². The number of esters is 1. The van der Waals surface area contributed by atoms with Gasteiger partial charge in [-0.25, -0.2) is 14.9 Å². The van der Waals surface area contributed by atoms with Crippen molar-refractivity contribution < 1.29 is 18.6 Å². The topological polar surface area (TPSA) is 78.6 Å². The molecule has 0 amide bonds. The molecule has 0 aliphatic rings. The molecule has 0 spiro atoms. The van der Waals surface area contributed by atoms with E-state index in [-0.39, 0.29) is 22.7 Å². The van der Waals surface area contributed by atoms with Crippen LogP contribution >= 0.6 is 18.1 Å². The second kappa shape index (κ2) is 7.16. The first-order valence-corrected chi connectivity index (χ1v) is 9.46. The van der Waals surface area contributed by atoms with Crippen molar-refractivity contribution >= 4 is 24.1 Å². The predicted molar refractivity (Wildman–Crippen MR) is 82.1 cm³/mol. The van der Waals surface area contributed by atoms with E-state index in [9.17, 15) is 9.36 Å². The quantitative estimate of drug-likeness (QED) is 0.634. The largest absolute Gasteiger partial charge is 0.459 e. The van der Waals surface area contributed by atoms with E-state index < -0.39 is 12.7 Å². The lowest BCUT2D eigenvalue weighted by Crippen LogP contribution is -2.13. The van der Waals surface area contributed by atoms with Crippen molar-refractivity contribution in [3.05, 3.63) is 29.8 Å². The van der Waals surface area contributed by atoms with E-state index in [1.54, 1.807) is 38.1 Å². The van der Waals surface area contributed by atoms with Gasteiger partial charge in [0.25, 0.3) is 0 Å². The number of para-hydroxylation sites is 1. The highest BCUT2D eigenvalue weighted by molar-refractivity contribution is 8.56. The number of benzene rings is 1. The van der Waals surface area contributed by atoms with E-state index in [0.717, 1.165) is 11.4 Å². The van der Waals surface area contributed by atoms with Crippen molar-refractivity contribution in [3.8, 4) is 5.75 Å². The first-order chi connectivity index (χ1) is 9.21. The highest BCUT2D eigenvalue weighted by Gasteiger charge is 2.25. The smallest absolute Gasteiger partial charge is 0.371 e. The molecule has 0 saturated carbocycles. The van der Waals surface area contributed by atoms with Crippen LogP contribution in [0.1, 0.15) is 38.1 Å². The molecule has 2 N–H and O–H groups in total. The number of ether oxygens (including phenoxy) is 1. The molecular weight excluding hydrogens is 297 g/mol. The van der Waals surface area contributed by atoms with E-state index in [1.165, 1.54) is 0 Å². The summed E-state index contributed by atoms with van der Waals surface area (Å²) in [4.78, 5) is 11.9. The predicted octanol–water partition coefficient (Wildman–Crippen LogP) is 3.84. The van der Waals surface area contributed by atoms with Crippen molar-refractivity contribution in [2.24, 2.45) is 5.50 Å². The molecule has 0 bridgehead atoms. The lowest BCUT2D eigenvalue weighted by molar-refractivity contribution is 0.0376. The summed E-state index contributed by atoms with van der Waals surface area (Å²) in [5.74, 6) is -0.345. The van der Waals surface area contributed by atoms with Crippen molar-refractivity contribution in [2.75, 3.05) is 0 Å². The number of hydrogen-bond donors (Lipinski definition) is 1. The molecule has 1 rings (SSSR count). The molecule has 7 heteroatoms. The highest BCUT2D eigenvalue weighted by Crippen LogP contribution is 2.54. The summed E-state index contributed by atoms with van der Waals surface area (Å²) in [6.45, 7) is 3.88. The summed E-state index contributed by atoms with van der Waals surface area (Å²) in [5.41, 5.74) is 5.88. The fraction of sp³-hybridized carbons (Fsp3) is 0.462. The van der Waals surface area contributed by atoms with Crippen LogP contribution in [0.5, 0.6) is 5.75 Å². The van der Waals surface area contributed by atoms with Gasteiger partial charge in [0.15, 0.2) is 0 Å². The van der Waals surface area contributed by atoms with Gasteiger partial charge >= 0.3 is 12.7 Å². The van der Waals surface area contributed by atoms with E-state index in [0.29, 0.717) is 0 Å². The Hall–Kier alpha value is -0.970. The van der Waals surface area contributed by atoms with Gasteiger partial charge in [-0.1, -0.05) is 26.0 Å². The average molecular weight is 317 g/mol. The van der Waals surface area contributed by atoms with Gasteiger partial charge in [0.05, 0.1) is 6.10 Å². The third-order valence-corrected chi connectivity index (χ3v) is 5.57. The van der Waals surface area contributed by atoms with Gasteiger partial charge in [0, 0.05) is 5.25 Å². The molecule has 1 aromatic carbocycles. The first-order valence-electron chi connectivity index (χ1n) is 6.28. The van der Waals surface area contributed by atoms with Gasteiger partial charge in [-0.05, 0) is 37.4 Å². The van der Waals surface area contributed by atoms with Gasteiger partial charge in [-0.15, -0.1) is 0 Å². The van der Waals surface area contributed by atoms with Crippen LogP contribution in [0.4, 0.5) is 0 Å². The Morgan fingerprint density at radius 1 is 1.25 bits per heavy atom. The minimum atomic E-state index is -3.36. The SMILES string of the molecule is CC(C)OC(=O)c1ccccc1OP(N)(=O)SC(C)C. The van der Waals surface area contributed by atoms with Gasteiger partial charge in [0.2, 0.25) is 0 Å². The molecule has 0 saturated heterocycles. The number of hydrogen-bond acceptors (Lipinski definition) is 5. The third-order valence-electron chi connectivity index (χ3n) is 2.03. The van der Waals surface area contributed by atoms with Crippen LogP contribution in [0.3, 0.4) is 0 Å². The van der Waals surface area contributed by atoms with Gasteiger partial charge in [-0.3, -0.25) is 0 Å².